The van der Waals surface area contributed by atoms with Crippen LogP contribution >= 0.6 is 11.3 Å². The van der Waals surface area contributed by atoms with Crippen LogP contribution in [0.4, 0.5) is 0 Å². The summed E-state index contributed by atoms with van der Waals surface area (Å²) in [5.74, 6) is 5.03. The predicted octanol–water partition coefficient (Wildman–Crippen LogP) is 7.26. The van der Waals surface area contributed by atoms with Gasteiger partial charge in [-0.1, -0.05) is 26.7 Å². The van der Waals surface area contributed by atoms with E-state index < -0.39 is 0 Å². The number of hydrogen-bond acceptors (Lipinski definition) is 1. The maximum Gasteiger partial charge on any atom is -0.00582 e. The maximum atomic E-state index is 2.71. The number of hydrogen-bond donors (Lipinski definition) is 0. The second-order valence-electron chi connectivity index (χ2n) is 10.1. The maximum absolute atomic E-state index is 2.71. The molecule has 0 aliphatic heterocycles. The monoisotopic (exact) mass is 342 g/mol. The molecule has 0 N–H and O–H groups in total. The van der Waals surface area contributed by atoms with E-state index in [0.717, 1.165) is 29.6 Å². The van der Waals surface area contributed by atoms with Crippen LogP contribution in [0.3, 0.4) is 0 Å². The summed E-state index contributed by atoms with van der Waals surface area (Å²) in [6.07, 6.45) is 15.2. The van der Waals surface area contributed by atoms with Crippen LogP contribution in [0.25, 0.3) is 0 Å². The molecule has 1 heterocycles. The van der Waals surface area contributed by atoms with E-state index >= 15 is 0 Å². The van der Waals surface area contributed by atoms with E-state index in [2.05, 4.69) is 30.7 Å². The van der Waals surface area contributed by atoms with Crippen LogP contribution in [0.1, 0.15) is 89.5 Å². The minimum Gasteiger partial charge on any atom is -0.152 e. The molecule has 4 saturated carbocycles. The molecule has 4 aliphatic carbocycles. The lowest BCUT2D eigenvalue weighted by molar-refractivity contribution is -0.105. The Balaban J connectivity index is 1.45. The van der Waals surface area contributed by atoms with Crippen molar-refractivity contribution in [3.63, 3.8) is 0 Å². The quantitative estimate of drug-likeness (QED) is 0.503. The highest BCUT2D eigenvalue weighted by Gasteiger charge is 2.59. The zero-order chi connectivity index (χ0) is 16.4. The number of rotatable bonds is 1. The van der Waals surface area contributed by atoms with Crippen LogP contribution < -0.4 is 0 Å². The number of fused-ring (bicyclic) bond motifs is 5. The average molecular weight is 343 g/mol. The van der Waals surface area contributed by atoms with Gasteiger partial charge in [0.2, 0.25) is 0 Å². The minimum atomic E-state index is 0.597. The molecule has 4 fully saturated rings. The summed E-state index contributed by atoms with van der Waals surface area (Å²) in [4.78, 5) is 0. The van der Waals surface area contributed by atoms with Gasteiger partial charge in [-0.25, -0.2) is 0 Å². The van der Waals surface area contributed by atoms with E-state index in [1.807, 2.05) is 11.3 Å². The third-order valence-corrected chi connectivity index (χ3v) is 10.2. The molecule has 1 heteroatoms. The highest BCUT2D eigenvalue weighted by atomic mass is 32.1. The van der Waals surface area contributed by atoms with Gasteiger partial charge in [-0.3, -0.25) is 0 Å². The zero-order valence-electron chi connectivity index (χ0n) is 15.6. The van der Waals surface area contributed by atoms with Gasteiger partial charge in [0.05, 0.1) is 0 Å². The van der Waals surface area contributed by atoms with Crippen molar-refractivity contribution in [3.05, 3.63) is 22.4 Å². The molecular weight excluding hydrogens is 308 g/mol. The summed E-state index contributed by atoms with van der Waals surface area (Å²) < 4.78 is 0. The highest BCUT2D eigenvalue weighted by molar-refractivity contribution is 7.08. The Morgan fingerprint density at radius 2 is 1.75 bits per heavy atom. The van der Waals surface area contributed by atoms with Crippen molar-refractivity contribution in [1.82, 2.24) is 0 Å². The third-order valence-electron chi connectivity index (χ3n) is 9.53. The summed E-state index contributed by atoms with van der Waals surface area (Å²) in [5, 5.41) is 4.75. The van der Waals surface area contributed by atoms with Crippen molar-refractivity contribution < 1.29 is 0 Å². The molecule has 0 spiro atoms. The zero-order valence-corrected chi connectivity index (χ0v) is 16.4. The molecule has 0 unspecified atom stereocenters. The van der Waals surface area contributed by atoms with Crippen LogP contribution in [0.15, 0.2) is 16.8 Å². The molecular formula is C23H34S. The van der Waals surface area contributed by atoms with Gasteiger partial charge in [0, 0.05) is 0 Å². The Hall–Kier alpha value is -0.300. The van der Waals surface area contributed by atoms with Crippen molar-refractivity contribution in [2.75, 3.05) is 0 Å². The lowest BCUT2D eigenvalue weighted by atomic mass is 9.45. The molecule has 24 heavy (non-hydrogen) atoms. The van der Waals surface area contributed by atoms with Gasteiger partial charge >= 0.3 is 0 Å². The molecule has 1 aromatic heterocycles. The summed E-state index contributed by atoms with van der Waals surface area (Å²) in [5.41, 5.74) is 2.96. The molecule has 0 radical (unpaired) electrons. The molecule has 0 bridgehead atoms. The van der Waals surface area contributed by atoms with Crippen molar-refractivity contribution in [2.45, 2.75) is 84.0 Å². The Morgan fingerprint density at radius 3 is 2.58 bits per heavy atom. The van der Waals surface area contributed by atoms with Crippen molar-refractivity contribution in [2.24, 2.45) is 34.5 Å². The summed E-state index contributed by atoms with van der Waals surface area (Å²) in [7, 11) is 0. The molecule has 0 nitrogen and oxygen atoms in total. The molecule has 0 aromatic carbocycles. The van der Waals surface area contributed by atoms with Crippen LogP contribution in [0, 0.1) is 34.5 Å². The molecule has 0 saturated heterocycles. The second-order valence-corrected chi connectivity index (χ2v) is 10.9. The Bertz CT molecular complexity index is 589. The Labute approximate surface area is 152 Å². The standard InChI is InChI=1S/C23H34S/c1-22-12-4-3-5-17(22)6-7-18-20-9-8-19(16-11-14-24-15-16)23(20,2)13-10-21(18)22/h11,14-15,17-21H,3-10,12-13H2,1-2H3/t17-,18+,19-,20-,21+,22+,23-/m1/s1. The van der Waals surface area contributed by atoms with Crippen molar-refractivity contribution in [1.29, 1.82) is 0 Å². The van der Waals surface area contributed by atoms with E-state index in [0.29, 0.717) is 10.8 Å². The molecule has 7 atom stereocenters. The second kappa shape index (κ2) is 5.60. The summed E-state index contributed by atoms with van der Waals surface area (Å²) >= 11 is 1.90. The van der Waals surface area contributed by atoms with Gasteiger partial charge < -0.3 is 0 Å². The fraction of sp³-hybridized carbons (Fsp3) is 0.826. The first-order chi connectivity index (χ1) is 11.6. The largest absolute Gasteiger partial charge is 0.152 e. The Kier molecular flexibility index (Phi) is 3.71. The third kappa shape index (κ3) is 2.09. The van der Waals surface area contributed by atoms with E-state index in [9.17, 15) is 0 Å². The van der Waals surface area contributed by atoms with Crippen molar-refractivity contribution in [3.8, 4) is 0 Å². The van der Waals surface area contributed by atoms with E-state index in [1.165, 1.54) is 44.9 Å². The predicted molar refractivity (Wildman–Crippen MR) is 103 cm³/mol. The normalized spacial score (nSPS) is 50.8. The summed E-state index contributed by atoms with van der Waals surface area (Å²) in [6, 6.07) is 2.43. The summed E-state index contributed by atoms with van der Waals surface area (Å²) in [6.45, 7) is 5.39. The van der Waals surface area contributed by atoms with E-state index in [-0.39, 0.29) is 0 Å². The molecule has 1 aromatic rings. The Morgan fingerprint density at radius 1 is 0.875 bits per heavy atom. The molecule has 4 aliphatic rings. The van der Waals surface area contributed by atoms with E-state index in [1.54, 1.807) is 24.8 Å². The average Bonchev–Trinajstić information content (AvgIpc) is 3.20. The van der Waals surface area contributed by atoms with Gasteiger partial charge in [0.1, 0.15) is 0 Å². The van der Waals surface area contributed by atoms with Crippen LogP contribution in [0.5, 0.6) is 0 Å². The van der Waals surface area contributed by atoms with E-state index in [4.69, 9.17) is 0 Å². The fourth-order valence-corrected chi connectivity index (χ4v) is 9.03. The molecule has 132 valence electrons. The van der Waals surface area contributed by atoms with Gasteiger partial charge in [-0.15, -0.1) is 0 Å². The fourth-order valence-electron chi connectivity index (χ4n) is 8.32. The van der Waals surface area contributed by atoms with Crippen LogP contribution in [-0.2, 0) is 0 Å². The van der Waals surface area contributed by atoms with Gasteiger partial charge in [0.15, 0.2) is 0 Å². The minimum absolute atomic E-state index is 0.597. The van der Waals surface area contributed by atoms with Gasteiger partial charge in [0.25, 0.3) is 0 Å². The first-order valence-corrected chi connectivity index (χ1v) is 11.6. The first kappa shape index (κ1) is 15.9. The van der Waals surface area contributed by atoms with Crippen LogP contribution in [-0.4, -0.2) is 0 Å². The lowest BCUT2D eigenvalue weighted by Gasteiger charge is -2.60. The van der Waals surface area contributed by atoms with Gasteiger partial charge in [-0.2, -0.15) is 11.3 Å². The van der Waals surface area contributed by atoms with Crippen LogP contribution in [0.2, 0.25) is 0 Å². The number of thiophene rings is 1. The van der Waals surface area contributed by atoms with Crippen molar-refractivity contribution >= 4 is 11.3 Å². The smallest absolute Gasteiger partial charge is 0.00582 e. The SMILES string of the molecule is C[C@]12CCCC[C@@H]1CC[C@H]1[C@H]3CC[C@H](c4ccsc4)[C@@]3(C)CC[C@@H]12. The molecule has 0 amide bonds. The molecule has 5 rings (SSSR count). The van der Waals surface area contributed by atoms with Gasteiger partial charge in [-0.05, 0) is 114 Å². The first-order valence-electron chi connectivity index (χ1n) is 10.6. The topological polar surface area (TPSA) is 0 Å². The lowest BCUT2D eigenvalue weighted by Crippen LogP contribution is -2.52. The highest BCUT2D eigenvalue weighted by Crippen LogP contribution is 2.69.